The normalized spacial score (nSPS) is 10.4. The smallest absolute Gasteiger partial charge is 0.414 e. The van der Waals surface area contributed by atoms with E-state index in [4.69, 9.17) is 4.74 Å². The summed E-state index contributed by atoms with van der Waals surface area (Å²) in [5.74, 6) is 0. The van der Waals surface area contributed by atoms with Crippen molar-refractivity contribution in [2.45, 2.75) is 26.4 Å². The molecule has 0 fully saturated rings. The maximum absolute atomic E-state index is 11.8. The molecule has 0 atom stereocenters. The lowest BCUT2D eigenvalue weighted by Crippen LogP contribution is -2.34. The Morgan fingerprint density at radius 2 is 2.06 bits per heavy atom. The molecule has 0 saturated carbocycles. The van der Waals surface area contributed by atoms with Crippen molar-refractivity contribution in [2.75, 3.05) is 11.9 Å². The summed E-state index contributed by atoms with van der Waals surface area (Å²) in [5.41, 5.74) is 0.489. The molecule has 0 spiro atoms. The molecule has 1 amide bonds. The van der Waals surface area contributed by atoms with Gasteiger partial charge < -0.3 is 4.74 Å². The molecular weight excluding hydrogens is 232 g/mol. The zero-order valence-electron chi connectivity index (χ0n) is 10.9. The van der Waals surface area contributed by atoms with Crippen LogP contribution in [0.25, 0.3) is 0 Å². The van der Waals surface area contributed by atoms with Crippen LogP contribution in [-0.2, 0) is 9.53 Å². The number of anilines is 1. The summed E-state index contributed by atoms with van der Waals surface area (Å²) in [6, 6.07) is 6.69. The highest BCUT2D eigenvalue weighted by atomic mass is 16.6. The summed E-state index contributed by atoms with van der Waals surface area (Å²) in [7, 11) is 1.60. The first-order valence-electron chi connectivity index (χ1n) is 5.48. The second-order valence-corrected chi connectivity index (χ2v) is 4.76. The lowest BCUT2D eigenvalue weighted by Gasteiger charge is -2.24. The van der Waals surface area contributed by atoms with E-state index in [2.05, 4.69) is 4.99 Å². The first-order chi connectivity index (χ1) is 8.33. The molecule has 0 heterocycles. The maximum Gasteiger partial charge on any atom is 0.414 e. The van der Waals surface area contributed by atoms with Crippen molar-refractivity contribution in [3.05, 3.63) is 24.3 Å². The SMILES string of the molecule is CN(C(=O)OC(C)(C)C)c1cccc(N=C=O)c1. The van der Waals surface area contributed by atoms with E-state index in [0.717, 1.165) is 0 Å². The van der Waals surface area contributed by atoms with Crippen LogP contribution in [-0.4, -0.2) is 24.8 Å². The fourth-order valence-corrected chi connectivity index (χ4v) is 1.26. The highest BCUT2D eigenvalue weighted by molar-refractivity contribution is 5.87. The molecule has 0 aliphatic rings. The van der Waals surface area contributed by atoms with Crippen molar-refractivity contribution in [2.24, 2.45) is 4.99 Å². The number of carbonyl (C=O) groups is 1. The Balaban J connectivity index is 2.89. The van der Waals surface area contributed by atoms with Gasteiger partial charge in [0.05, 0.1) is 5.69 Å². The minimum atomic E-state index is -0.552. The monoisotopic (exact) mass is 248 g/mol. The van der Waals surface area contributed by atoms with Crippen LogP contribution in [0.15, 0.2) is 29.3 Å². The van der Waals surface area contributed by atoms with Gasteiger partial charge in [-0.1, -0.05) is 6.07 Å². The Morgan fingerprint density at radius 3 is 2.61 bits per heavy atom. The molecule has 0 aliphatic heterocycles. The predicted octanol–water partition coefficient (Wildman–Crippen LogP) is 3.03. The maximum atomic E-state index is 11.8. The summed E-state index contributed by atoms with van der Waals surface area (Å²) in [5, 5.41) is 0. The zero-order chi connectivity index (χ0) is 13.8. The predicted molar refractivity (Wildman–Crippen MR) is 68.9 cm³/mol. The third-order valence-electron chi connectivity index (χ3n) is 2.06. The van der Waals surface area contributed by atoms with Crippen molar-refractivity contribution in [1.82, 2.24) is 0 Å². The van der Waals surface area contributed by atoms with Gasteiger partial charge in [-0.25, -0.2) is 9.59 Å². The van der Waals surface area contributed by atoms with Gasteiger partial charge in [-0.2, -0.15) is 4.99 Å². The third kappa shape index (κ3) is 4.03. The van der Waals surface area contributed by atoms with Gasteiger partial charge in [0.2, 0.25) is 6.08 Å². The molecule has 0 radical (unpaired) electrons. The van der Waals surface area contributed by atoms with Crippen LogP contribution in [0.4, 0.5) is 16.2 Å². The first-order valence-corrected chi connectivity index (χ1v) is 5.48. The minimum Gasteiger partial charge on any atom is -0.443 e. The average molecular weight is 248 g/mol. The molecule has 1 aromatic rings. The van der Waals surface area contributed by atoms with Crippen molar-refractivity contribution in [3.63, 3.8) is 0 Å². The van der Waals surface area contributed by atoms with Crippen LogP contribution in [0.5, 0.6) is 0 Å². The number of carbonyl (C=O) groups excluding carboxylic acids is 2. The van der Waals surface area contributed by atoms with Crippen LogP contribution < -0.4 is 4.90 Å². The average Bonchev–Trinajstić information content (AvgIpc) is 2.26. The summed E-state index contributed by atoms with van der Waals surface area (Å²) in [6.45, 7) is 5.39. The molecule has 0 bridgehead atoms. The van der Waals surface area contributed by atoms with E-state index in [1.54, 1.807) is 52.1 Å². The van der Waals surface area contributed by atoms with Crippen molar-refractivity contribution in [3.8, 4) is 0 Å². The van der Waals surface area contributed by atoms with Crippen LogP contribution >= 0.6 is 0 Å². The van der Waals surface area contributed by atoms with E-state index in [9.17, 15) is 9.59 Å². The number of hydrogen-bond donors (Lipinski definition) is 0. The van der Waals surface area contributed by atoms with Crippen LogP contribution in [0.2, 0.25) is 0 Å². The van der Waals surface area contributed by atoms with Gasteiger partial charge >= 0.3 is 6.09 Å². The second kappa shape index (κ2) is 5.47. The van der Waals surface area contributed by atoms with Gasteiger partial charge in [-0.3, -0.25) is 4.90 Å². The first kappa shape index (κ1) is 13.9. The van der Waals surface area contributed by atoms with Crippen molar-refractivity contribution >= 4 is 23.5 Å². The fourth-order valence-electron chi connectivity index (χ4n) is 1.26. The van der Waals surface area contributed by atoms with Gasteiger partial charge in [-0.05, 0) is 39.0 Å². The zero-order valence-corrected chi connectivity index (χ0v) is 10.9. The van der Waals surface area contributed by atoms with E-state index in [1.165, 1.54) is 11.0 Å². The number of ether oxygens (including phenoxy) is 1. The van der Waals surface area contributed by atoms with Gasteiger partial charge in [0.25, 0.3) is 0 Å². The van der Waals surface area contributed by atoms with Crippen LogP contribution in [0, 0.1) is 0 Å². The highest BCUT2D eigenvalue weighted by Gasteiger charge is 2.20. The van der Waals surface area contributed by atoms with E-state index >= 15 is 0 Å². The van der Waals surface area contributed by atoms with Gasteiger partial charge in [0, 0.05) is 12.7 Å². The molecule has 0 N–H and O–H groups in total. The lowest BCUT2D eigenvalue weighted by molar-refractivity contribution is 0.0589. The fraction of sp³-hybridized carbons (Fsp3) is 0.385. The molecule has 5 nitrogen and oxygen atoms in total. The van der Waals surface area contributed by atoms with E-state index in [-0.39, 0.29) is 0 Å². The quantitative estimate of drug-likeness (QED) is 0.597. The molecule has 0 unspecified atom stereocenters. The summed E-state index contributed by atoms with van der Waals surface area (Å²) < 4.78 is 5.23. The molecule has 1 rings (SSSR count). The molecule has 0 aromatic heterocycles. The Morgan fingerprint density at radius 1 is 1.39 bits per heavy atom. The van der Waals surface area contributed by atoms with Crippen molar-refractivity contribution < 1.29 is 14.3 Å². The number of rotatable bonds is 2. The van der Waals surface area contributed by atoms with E-state index < -0.39 is 11.7 Å². The number of benzene rings is 1. The molecule has 18 heavy (non-hydrogen) atoms. The van der Waals surface area contributed by atoms with E-state index in [1.807, 2.05) is 0 Å². The number of aliphatic imine (C=N–C) groups is 1. The van der Waals surface area contributed by atoms with Crippen molar-refractivity contribution in [1.29, 1.82) is 0 Å². The summed E-state index contributed by atoms with van der Waals surface area (Å²) in [4.78, 5) is 26.9. The number of nitrogens with zero attached hydrogens (tertiary/aromatic N) is 2. The Hall–Kier alpha value is -2.13. The minimum absolute atomic E-state index is 0.443. The van der Waals surface area contributed by atoms with Crippen LogP contribution in [0.1, 0.15) is 20.8 Å². The Labute approximate surface area is 106 Å². The molecular formula is C13H16N2O3. The second-order valence-electron chi connectivity index (χ2n) is 4.76. The molecule has 0 aliphatic carbocycles. The highest BCUT2D eigenvalue weighted by Crippen LogP contribution is 2.21. The van der Waals surface area contributed by atoms with Gasteiger partial charge in [-0.15, -0.1) is 0 Å². The number of amides is 1. The molecule has 96 valence electrons. The Kier molecular flexibility index (Phi) is 4.23. The third-order valence-corrected chi connectivity index (χ3v) is 2.06. The number of hydrogen-bond acceptors (Lipinski definition) is 4. The molecule has 5 heteroatoms. The topological polar surface area (TPSA) is 59.0 Å². The van der Waals surface area contributed by atoms with Gasteiger partial charge in [0.15, 0.2) is 0 Å². The van der Waals surface area contributed by atoms with Crippen LogP contribution in [0.3, 0.4) is 0 Å². The van der Waals surface area contributed by atoms with Gasteiger partial charge in [0.1, 0.15) is 5.60 Å². The Bertz CT molecular complexity index is 485. The largest absolute Gasteiger partial charge is 0.443 e. The summed E-state index contributed by atoms with van der Waals surface area (Å²) >= 11 is 0. The summed E-state index contributed by atoms with van der Waals surface area (Å²) in [6.07, 6.45) is 0.995. The molecule has 0 saturated heterocycles. The van der Waals surface area contributed by atoms with E-state index in [0.29, 0.717) is 11.4 Å². The lowest BCUT2D eigenvalue weighted by atomic mass is 10.2. The standard InChI is InChI=1S/C13H16N2O3/c1-13(2,3)18-12(17)15(4)11-7-5-6-10(8-11)14-9-16/h5-8H,1-4H3. The number of isocyanates is 1. The molecule has 1 aromatic carbocycles.